The van der Waals surface area contributed by atoms with Crippen LogP contribution in [0.25, 0.3) is 0 Å². The normalized spacial score (nSPS) is 19.3. The number of carboxylic acids is 1. The van der Waals surface area contributed by atoms with Gasteiger partial charge in [0.2, 0.25) is 5.91 Å². The van der Waals surface area contributed by atoms with E-state index >= 15 is 0 Å². The van der Waals surface area contributed by atoms with Gasteiger partial charge in [0.05, 0.1) is 24.8 Å². The van der Waals surface area contributed by atoms with Gasteiger partial charge in [-0.2, -0.15) is 0 Å². The Balaban J connectivity index is 1.69. The summed E-state index contributed by atoms with van der Waals surface area (Å²) in [5.74, 6) is -0.992. The highest BCUT2D eigenvalue weighted by Gasteiger charge is 2.43. The highest BCUT2D eigenvalue weighted by atomic mass is 35.5. The Morgan fingerprint density at radius 2 is 1.71 bits per heavy atom. The van der Waals surface area contributed by atoms with Gasteiger partial charge >= 0.3 is 5.97 Å². The third-order valence-electron chi connectivity index (χ3n) is 7.25. The van der Waals surface area contributed by atoms with Crippen LogP contribution in [-0.2, 0) is 9.59 Å². The lowest BCUT2D eigenvalue weighted by Gasteiger charge is -2.41. The molecule has 3 aromatic carbocycles. The zero-order valence-electron chi connectivity index (χ0n) is 20.9. The van der Waals surface area contributed by atoms with Gasteiger partial charge in [0.15, 0.2) is 5.78 Å². The number of halogens is 1. The van der Waals surface area contributed by atoms with Crippen LogP contribution in [0, 0.1) is 0 Å². The number of carbonyl (C=O) groups is 3. The molecule has 0 spiro atoms. The lowest BCUT2D eigenvalue weighted by Crippen LogP contribution is -2.42. The number of carbonyl (C=O) groups excluding carboxylic acids is 2. The number of carboxylic acid groups (broad SMARTS) is 1. The molecule has 0 fully saturated rings. The first-order chi connectivity index (χ1) is 18.3. The van der Waals surface area contributed by atoms with Crippen LogP contribution in [0.3, 0.4) is 0 Å². The average Bonchev–Trinajstić information content (AvgIpc) is 2.93. The van der Waals surface area contributed by atoms with Gasteiger partial charge in [-0.25, -0.2) is 4.79 Å². The van der Waals surface area contributed by atoms with Gasteiger partial charge in [0.1, 0.15) is 11.5 Å². The van der Waals surface area contributed by atoms with Crippen molar-refractivity contribution in [3.63, 3.8) is 0 Å². The van der Waals surface area contributed by atoms with Crippen molar-refractivity contribution in [1.29, 1.82) is 0 Å². The number of rotatable bonds is 6. The molecule has 0 saturated heterocycles. The van der Waals surface area contributed by atoms with Gasteiger partial charge in [-0.1, -0.05) is 48.0 Å². The highest BCUT2D eigenvalue weighted by Crippen LogP contribution is 2.49. The standard InChI is InChI=1S/C30H26ClNO6/c1-37-20-9-10-21(27(15-20)38-2)22-16-28(34)32(19-8-11-24(31)23(14-19)30(35)36)25-12-18(13-26(33)29(22)25)17-6-4-3-5-7-17/h3-11,14-15,18,22H,12-13,16H2,1-2H3,(H,35,36). The predicted molar refractivity (Wildman–Crippen MR) is 143 cm³/mol. The van der Waals surface area contributed by atoms with E-state index in [1.165, 1.54) is 17.0 Å². The summed E-state index contributed by atoms with van der Waals surface area (Å²) < 4.78 is 11.0. The predicted octanol–water partition coefficient (Wildman–Crippen LogP) is 5.98. The third-order valence-corrected chi connectivity index (χ3v) is 7.58. The largest absolute Gasteiger partial charge is 0.497 e. The summed E-state index contributed by atoms with van der Waals surface area (Å²) in [5.41, 5.74) is 3.11. The number of ether oxygens (including phenoxy) is 2. The first kappa shape index (κ1) is 25.5. The van der Waals surface area contributed by atoms with Crippen LogP contribution in [0.4, 0.5) is 5.69 Å². The zero-order valence-corrected chi connectivity index (χ0v) is 21.7. The van der Waals surface area contributed by atoms with Crippen molar-refractivity contribution < 1.29 is 29.0 Å². The van der Waals surface area contributed by atoms with Crippen LogP contribution in [0.5, 0.6) is 11.5 Å². The summed E-state index contributed by atoms with van der Waals surface area (Å²) in [6.45, 7) is 0. The number of nitrogens with zero attached hydrogens (tertiary/aromatic N) is 1. The minimum Gasteiger partial charge on any atom is -0.497 e. The maximum Gasteiger partial charge on any atom is 0.337 e. The summed E-state index contributed by atoms with van der Waals surface area (Å²) in [4.78, 5) is 41.0. The molecule has 5 rings (SSSR count). The second-order valence-electron chi connectivity index (χ2n) is 9.36. The monoisotopic (exact) mass is 531 g/mol. The molecule has 0 aromatic heterocycles. The zero-order chi connectivity index (χ0) is 27.0. The smallest absolute Gasteiger partial charge is 0.337 e. The molecule has 8 heteroatoms. The Kier molecular flexibility index (Phi) is 6.95. The lowest BCUT2D eigenvalue weighted by molar-refractivity contribution is -0.120. The van der Waals surface area contributed by atoms with E-state index in [-0.39, 0.29) is 34.6 Å². The summed E-state index contributed by atoms with van der Waals surface area (Å²) in [7, 11) is 3.10. The van der Waals surface area contributed by atoms with E-state index in [0.29, 0.717) is 41.3 Å². The molecule has 7 nitrogen and oxygen atoms in total. The minimum absolute atomic E-state index is 0.0221. The van der Waals surface area contributed by atoms with Gasteiger partial charge in [0, 0.05) is 47.3 Å². The molecule has 1 aliphatic heterocycles. The fraction of sp³-hybridized carbons (Fsp3) is 0.233. The molecule has 2 aliphatic rings. The molecule has 2 atom stereocenters. The molecule has 0 saturated carbocycles. The Labute approximate surface area is 225 Å². The maximum absolute atomic E-state index is 13.9. The first-order valence-electron chi connectivity index (χ1n) is 12.2. The quantitative estimate of drug-likeness (QED) is 0.421. The molecule has 1 amide bonds. The number of methoxy groups -OCH3 is 2. The molecule has 0 bridgehead atoms. The third kappa shape index (κ3) is 4.54. The van der Waals surface area contributed by atoms with Crippen LogP contribution >= 0.6 is 11.6 Å². The van der Waals surface area contributed by atoms with Crippen LogP contribution < -0.4 is 14.4 Å². The molecule has 0 radical (unpaired) electrons. The van der Waals surface area contributed by atoms with Gasteiger partial charge in [0.25, 0.3) is 0 Å². The maximum atomic E-state index is 13.9. The van der Waals surface area contributed by atoms with Crippen LogP contribution in [0.1, 0.15) is 52.6 Å². The second kappa shape index (κ2) is 10.3. The molecular weight excluding hydrogens is 506 g/mol. The van der Waals surface area contributed by atoms with E-state index < -0.39 is 11.9 Å². The van der Waals surface area contributed by atoms with E-state index in [1.54, 1.807) is 32.4 Å². The van der Waals surface area contributed by atoms with Crippen molar-refractivity contribution in [3.05, 3.63) is 99.7 Å². The number of hydrogen-bond donors (Lipinski definition) is 1. The second-order valence-corrected chi connectivity index (χ2v) is 9.77. The van der Waals surface area contributed by atoms with Gasteiger partial charge in [-0.05, 0) is 42.2 Å². The number of aromatic carboxylic acids is 1. The number of anilines is 1. The summed E-state index contributed by atoms with van der Waals surface area (Å²) in [5, 5.41) is 9.70. The molecule has 1 aliphatic carbocycles. The Morgan fingerprint density at radius 3 is 2.39 bits per heavy atom. The van der Waals surface area contributed by atoms with Crippen molar-refractivity contribution in [2.24, 2.45) is 0 Å². The average molecular weight is 532 g/mol. The summed E-state index contributed by atoms with van der Waals surface area (Å²) in [6, 6.07) is 19.6. The summed E-state index contributed by atoms with van der Waals surface area (Å²) in [6.07, 6.45) is 0.770. The minimum atomic E-state index is -1.20. The number of allylic oxidation sites excluding steroid dienone is 2. The van der Waals surface area contributed by atoms with Crippen molar-refractivity contribution in [1.82, 2.24) is 0 Å². The van der Waals surface area contributed by atoms with E-state index in [2.05, 4.69) is 0 Å². The van der Waals surface area contributed by atoms with Crippen LogP contribution in [0.2, 0.25) is 5.02 Å². The van der Waals surface area contributed by atoms with Crippen molar-refractivity contribution in [2.45, 2.75) is 31.1 Å². The van der Waals surface area contributed by atoms with Gasteiger partial charge < -0.3 is 14.6 Å². The molecular formula is C30H26ClNO6. The lowest BCUT2D eigenvalue weighted by atomic mass is 9.72. The number of amides is 1. The van der Waals surface area contributed by atoms with Crippen molar-refractivity contribution >= 4 is 34.9 Å². The number of ketones is 1. The fourth-order valence-corrected chi connectivity index (χ4v) is 5.68. The Hall–Kier alpha value is -4.10. The molecule has 2 unspecified atom stereocenters. The van der Waals surface area contributed by atoms with Gasteiger partial charge in [-0.15, -0.1) is 0 Å². The van der Waals surface area contributed by atoms with E-state index in [1.807, 2.05) is 36.4 Å². The topological polar surface area (TPSA) is 93.1 Å². The number of benzene rings is 3. The van der Waals surface area contributed by atoms with Crippen molar-refractivity contribution in [3.8, 4) is 11.5 Å². The SMILES string of the molecule is COc1ccc(C2CC(=O)N(c3ccc(Cl)c(C(=O)O)c3)C3=C2C(=O)CC(c2ccccc2)C3)c(OC)c1. The molecule has 38 heavy (non-hydrogen) atoms. The number of Topliss-reactive ketones (excluding diaryl/α,β-unsaturated/α-hetero) is 1. The Bertz CT molecular complexity index is 1460. The molecule has 1 heterocycles. The molecule has 3 aromatic rings. The van der Waals surface area contributed by atoms with Crippen LogP contribution in [-0.4, -0.2) is 37.0 Å². The van der Waals surface area contributed by atoms with E-state index in [9.17, 15) is 19.5 Å². The van der Waals surface area contributed by atoms with Gasteiger partial charge in [-0.3, -0.25) is 14.5 Å². The highest BCUT2D eigenvalue weighted by molar-refractivity contribution is 6.33. The first-order valence-corrected chi connectivity index (χ1v) is 12.6. The fourth-order valence-electron chi connectivity index (χ4n) is 5.48. The Morgan fingerprint density at radius 1 is 0.947 bits per heavy atom. The van der Waals surface area contributed by atoms with Crippen molar-refractivity contribution in [2.75, 3.05) is 19.1 Å². The molecule has 194 valence electrons. The van der Waals surface area contributed by atoms with E-state index in [4.69, 9.17) is 21.1 Å². The molecule has 1 N–H and O–H groups in total. The van der Waals surface area contributed by atoms with Crippen LogP contribution in [0.15, 0.2) is 78.0 Å². The summed E-state index contributed by atoms with van der Waals surface area (Å²) >= 11 is 6.12. The van der Waals surface area contributed by atoms with E-state index in [0.717, 1.165) is 11.1 Å². The number of hydrogen-bond acceptors (Lipinski definition) is 5.